The van der Waals surface area contributed by atoms with Crippen LogP contribution in [-0.2, 0) is 4.74 Å². The van der Waals surface area contributed by atoms with Crippen LogP contribution in [0.2, 0.25) is 5.02 Å². The Kier molecular flexibility index (Phi) is 4.17. The molecule has 1 aliphatic heterocycles. The van der Waals surface area contributed by atoms with Crippen LogP contribution in [0, 0.1) is 6.92 Å². The first-order valence-corrected chi connectivity index (χ1v) is 8.68. The van der Waals surface area contributed by atoms with Crippen molar-refractivity contribution in [2.45, 2.75) is 25.9 Å². The van der Waals surface area contributed by atoms with Gasteiger partial charge in [0.1, 0.15) is 17.2 Å². The molecule has 4 nitrogen and oxygen atoms in total. The predicted octanol–water partition coefficient (Wildman–Crippen LogP) is 4.55. The first-order chi connectivity index (χ1) is 11.7. The molecule has 1 aliphatic rings. The topological polar surface area (TPSA) is 38.6 Å². The van der Waals surface area contributed by atoms with E-state index in [4.69, 9.17) is 21.3 Å². The Morgan fingerprint density at radius 3 is 2.83 bits per heavy atom. The molecule has 0 bridgehead atoms. The summed E-state index contributed by atoms with van der Waals surface area (Å²) in [5.41, 5.74) is 4.12. The van der Waals surface area contributed by atoms with Gasteiger partial charge in [0.2, 0.25) is 0 Å². The smallest absolute Gasteiger partial charge is 0.139 e. The summed E-state index contributed by atoms with van der Waals surface area (Å²) in [4.78, 5) is 4.82. The number of halogens is 1. The van der Waals surface area contributed by atoms with Crippen LogP contribution in [0.4, 0.5) is 5.82 Å². The number of nitrogens with one attached hydrogen (secondary N) is 1. The number of fused-ring (bicyclic) bond motifs is 1. The van der Waals surface area contributed by atoms with E-state index in [1.54, 1.807) is 0 Å². The maximum atomic E-state index is 6.03. The van der Waals surface area contributed by atoms with Crippen LogP contribution in [0.15, 0.2) is 42.6 Å². The molecular weight excluding hydrogens is 322 g/mol. The molecule has 3 aromatic rings. The zero-order valence-corrected chi connectivity index (χ0v) is 14.4. The second kappa shape index (κ2) is 6.46. The van der Waals surface area contributed by atoms with Crippen molar-refractivity contribution in [1.82, 2.24) is 9.38 Å². The number of hydrogen-bond donors (Lipinski definition) is 1. The number of imidazole rings is 1. The molecule has 1 aromatic carbocycles. The minimum Gasteiger partial charge on any atom is -0.376 e. The molecule has 0 aliphatic carbocycles. The third kappa shape index (κ3) is 2.99. The van der Waals surface area contributed by atoms with Gasteiger partial charge < -0.3 is 10.1 Å². The fourth-order valence-corrected chi connectivity index (χ4v) is 3.27. The number of nitrogens with zero attached hydrogens (tertiary/aromatic N) is 2. The molecule has 0 unspecified atom stereocenters. The first kappa shape index (κ1) is 15.5. The van der Waals surface area contributed by atoms with E-state index >= 15 is 0 Å². The molecule has 1 saturated heterocycles. The molecule has 1 atom stereocenters. The minimum atomic E-state index is 0.276. The molecule has 1 N–H and O–H groups in total. The van der Waals surface area contributed by atoms with Crippen LogP contribution in [-0.4, -0.2) is 28.6 Å². The monoisotopic (exact) mass is 341 g/mol. The predicted molar refractivity (Wildman–Crippen MR) is 97.8 cm³/mol. The highest BCUT2D eigenvalue weighted by atomic mass is 35.5. The zero-order chi connectivity index (χ0) is 16.5. The van der Waals surface area contributed by atoms with E-state index in [1.807, 2.05) is 30.3 Å². The highest BCUT2D eigenvalue weighted by molar-refractivity contribution is 6.30. The van der Waals surface area contributed by atoms with Gasteiger partial charge in [-0.15, -0.1) is 0 Å². The lowest BCUT2D eigenvalue weighted by Gasteiger charge is -2.13. The van der Waals surface area contributed by atoms with Crippen molar-refractivity contribution in [2.75, 3.05) is 18.5 Å². The van der Waals surface area contributed by atoms with Crippen molar-refractivity contribution in [3.05, 3.63) is 53.2 Å². The van der Waals surface area contributed by atoms with E-state index < -0.39 is 0 Å². The summed E-state index contributed by atoms with van der Waals surface area (Å²) in [6, 6.07) is 11.9. The third-order valence-corrected chi connectivity index (χ3v) is 4.66. The first-order valence-electron chi connectivity index (χ1n) is 8.31. The van der Waals surface area contributed by atoms with Gasteiger partial charge in [-0.2, -0.15) is 0 Å². The largest absolute Gasteiger partial charge is 0.376 e. The lowest BCUT2D eigenvalue weighted by molar-refractivity contribution is 0.120. The van der Waals surface area contributed by atoms with Gasteiger partial charge in [-0.3, -0.25) is 4.40 Å². The summed E-state index contributed by atoms with van der Waals surface area (Å²) in [5, 5.41) is 4.29. The number of benzene rings is 1. The molecule has 0 saturated carbocycles. The molecule has 4 rings (SSSR count). The van der Waals surface area contributed by atoms with Crippen LogP contribution in [0.5, 0.6) is 0 Å². The highest BCUT2D eigenvalue weighted by Crippen LogP contribution is 2.30. The van der Waals surface area contributed by atoms with E-state index in [1.165, 1.54) is 5.56 Å². The lowest BCUT2D eigenvalue weighted by atomic mass is 10.1. The quantitative estimate of drug-likeness (QED) is 0.756. The van der Waals surface area contributed by atoms with Crippen LogP contribution in [0.1, 0.15) is 18.4 Å². The highest BCUT2D eigenvalue weighted by Gasteiger charge is 2.19. The van der Waals surface area contributed by atoms with Crippen molar-refractivity contribution in [3.8, 4) is 11.3 Å². The minimum absolute atomic E-state index is 0.276. The van der Waals surface area contributed by atoms with Crippen LogP contribution < -0.4 is 5.32 Å². The molecule has 0 radical (unpaired) electrons. The number of ether oxygens (including phenoxy) is 1. The fourth-order valence-electron chi connectivity index (χ4n) is 3.14. The average molecular weight is 342 g/mol. The van der Waals surface area contributed by atoms with Gasteiger partial charge in [-0.05, 0) is 43.5 Å². The second-order valence-corrected chi connectivity index (χ2v) is 6.70. The summed E-state index contributed by atoms with van der Waals surface area (Å²) in [7, 11) is 0. The Morgan fingerprint density at radius 1 is 1.25 bits per heavy atom. The van der Waals surface area contributed by atoms with Gasteiger partial charge in [0.25, 0.3) is 0 Å². The van der Waals surface area contributed by atoms with Crippen molar-refractivity contribution < 1.29 is 4.74 Å². The molecule has 0 amide bonds. The number of pyridine rings is 1. The van der Waals surface area contributed by atoms with Gasteiger partial charge in [0, 0.05) is 29.9 Å². The maximum Gasteiger partial charge on any atom is 0.139 e. The molecule has 1 fully saturated rings. The SMILES string of the molecule is Cc1ccc2nc(-c3ccc(Cl)cc3)c(NC[C@@H]3CCCO3)n2c1. The van der Waals surface area contributed by atoms with Gasteiger partial charge in [0.15, 0.2) is 0 Å². The molecular formula is C19H20ClN3O. The average Bonchev–Trinajstić information content (AvgIpc) is 3.21. The van der Waals surface area contributed by atoms with Crippen molar-refractivity contribution >= 4 is 23.1 Å². The fraction of sp³-hybridized carbons (Fsp3) is 0.316. The molecule has 24 heavy (non-hydrogen) atoms. The van der Waals surface area contributed by atoms with Crippen LogP contribution >= 0.6 is 11.6 Å². The lowest BCUT2D eigenvalue weighted by Crippen LogP contribution is -2.19. The molecule has 0 spiro atoms. The molecule has 124 valence electrons. The summed E-state index contributed by atoms with van der Waals surface area (Å²) in [6.07, 6.45) is 4.64. The van der Waals surface area contributed by atoms with Gasteiger partial charge in [0.05, 0.1) is 6.10 Å². The number of aromatic nitrogens is 2. The van der Waals surface area contributed by atoms with Crippen LogP contribution in [0.25, 0.3) is 16.9 Å². The standard InChI is InChI=1S/C19H20ClN3O/c1-13-4-9-17-22-18(14-5-7-15(20)8-6-14)19(23(17)12-13)21-11-16-3-2-10-24-16/h4-9,12,16,21H,2-3,10-11H2,1H3/t16-/m0/s1. The summed E-state index contributed by atoms with van der Waals surface area (Å²) >= 11 is 6.03. The van der Waals surface area contributed by atoms with E-state index in [0.717, 1.165) is 53.7 Å². The van der Waals surface area contributed by atoms with Crippen LogP contribution in [0.3, 0.4) is 0 Å². The van der Waals surface area contributed by atoms with Crippen molar-refractivity contribution in [3.63, 3.8) is 0 Å². The Hall–Kier alpha value is -2.04. The maximum absolute atomic E-state index is 6.03. The molecule has 3 heterocycles. The number of anilines is 1. The Bertz CT molecular complexity index is 851. The third-order valence-electron chi connectivity index (χ3n) is 4.41. The number of aryl methyl sites for hydroxylation is 1. The molecule has 5 heteroatoms. The second-order valence-electron chi connectivity index (χ2n) is 6.27. The summed E-state index contributed by atoms with van der Waals surface area (Å²) < 4.78 is 7.86. The summed E-state index contributed by atoms with van der Waals surface area (Å²) in [5.74, 6) is 1.01. The Morgan fingerprint density at radius 2 is 2.08 bits per heavy atom. The van der Waals surface area contributed by atoms with Crippen molar-refractivity contribution in [1.29, 1.82) is 0 Å². The zero-order valence-electron chi connectivity index (χ0n) is 13.6. The van der Waals surface area contributed by atoms with Gasteiger partial charge in [-0.25, -0.2) is 4.98 Å². The van der Waals surface area contributed by atoms with E-state index in [2.05, 4.69) is 28.9 Å². The number of rotatable bonds is 4. The normalized spacial score (nSPS) is 17.5. The van der Waals surface area contributed by atoms with Crippen molar-refractivity contribution in [2.24, 2.45) is 0 Å². The van der Waals surface area contributed by atoms with Gasteiger partial charge in [-0.1, -0.05) is 29.8 Å². The Labute approximate surface area is 146 Å². The molecule has 2 aromatic heterocycles. The van der Waals surface area contributed by atoms with E-state index in [9.17, 15) is 0 Å². The van der Waals surface area contributed by atoms with Gasteiger partial charge >= 0.3 is 0 Å². The number of hydrogen-bond acceptors (Lipinski definition) is 3. The van der Waals surface area contributed by atoms with E-state index in [0.29, 0.717) is 0 Å². The van der Waals surface area contributed by atoms with E-state index in [-0.39, 0.29) is 6.10 Å². The summed E-state index contributed by atoms with van der Waals surface area (Å²) in [6.45, 7) is 3.75. The Balaban J connectivity index is 1.75.